The van der Waals surface area contributed by atoms with Gasteiger partial charge in [-0.3, -0.25) is 4.98 Å². The minimum atomic E-state index is 0.776. The predicted molar refractivity (Wildman–Crippen MR) is 88.3 cm³/mol. The van der Waals surface area contributed by atoms with Crippen molar-refractivity contribution < 1.29 is 0 Å². The zero-order valence-electron chi connectivity index (χ0n) is 12.0. The zero-order valence-corrected chi connectivity index (χ0v) is 12.8. The Kier molecular flexibility index (Phi) is 4.75. The van der Waals surface area contributed by atoms with Gasteiger partial charge in [0, 0.05) is 22.8 Å². The molecule has 0 saturated heterocycles. The van der Waals surface area contributed by atoms with Crippen LogP contribution >= 0.6 is 11.6 Å². The average Bonchev–Trinajstić information content (AvgIpc) is 2.49. The summed E-state index contributed by atoms with van der Waals surface area (Å²) >= 11 is 6.01. The van der Waals surface area contributed by atoms with Crippen molar-refractivity contribution in [2.75, 3.05) is 0 Å². The van der Waals surface area contributed by atoms with Crippen LogP contribution in [0, 0.1) is 6.92 Å². The molecule has 0 aliphatic rings. The molecule has 0 unspecified atom stereocenters. The molecule has 0 fully saturated rings. The van der Waals surface area contributed by atoms with Gasteiger partial charge in [-0.1, -0.05) is 49.7 Å². The number of aryl methyl sites for hydroxylation is 1. The maximum absolute atomic E-state index is 6.01. The van der Waals surface area contributed by atoms with E-state index in [-0.39, 0.29) is 0 Å². The summed E-state index contributed by atoms with van der Waals surface area (Å²) in [6.07, 6.45) is 3.72. The summed E-state index contributed by atoms with van der Waals surface area (Å²) in [6.45, 7) is 6.08. The third-order valence-electron chi connectivity index (χ3n) is 3.16. The van der Waals surface area contributed by atoms with Gasteiger partial charge in [0.2, 0.25) is 0 Å². The third-order valence-corrected chi connectivity index (χ3v) is 3.39. The molecule has 1 heterocycles. The molecule has 1 aromatic heterocycles. The number of benzene rings is 2. The molecule has 1 nitrogen and oxygen atoms in total. The lowest BCUT2D eigenvalue weighted by Gasteiger charge is -2.09. The molecule has 0 spiro atoms. The zero-order chi connectivity index (χ0) is 14.5. The van der Waals surface area contributed by atoms with E-state index >= 15 is 0 Å². The monoisotopic (exact) mass is 283 g/mol. The van der Waals surface area contributed by atoms with Crippen LogP contribution in [0.1, 0.15) is 19.4 Å². The highest BCUT2D eigenvalue weighted by Gasteiger charge is 2.06. The van der Waals surface area contributed by atoms with E-state index in [9.17, 15) is 0 Å². The number of aromatic nitrogens is 1. The van der Waals surface area contributed by atoms with Gasteiger partial charge in [0.05, 0.1) is 0 Å². The van der Waals surface area contributed by atoms with E-state index in [4.69, 9.17) is 11.6 Å². The van der Waals surface area contributed by atoms with Crippen LogP contribution < -0.4 is 0 Å². The molecule has 0 atom stereocenters. The summed E-state index contributed by atoms with van der Waals surface area (Å²) in [5, 5.41) is 3.15. The first kappa shape index (κ1) is 14.5. The van der Waals surface area contributed by atoms with Crippen molar-refractivity contribution in [3.05, 3.63) is 65.4 Å². The largest absolute Gasteiger partial charge is 0.264 e. The molecule has 3 rings (SSSR count). The standard InChI is InChI=1S/C16H12ClN.C2H6/c1-11-9-13(17)5-6-14(11)16-4-2-3-12-10-18-8-7-15(12)16;1-2/h2-10H,1H3;1-2H3. The molecule has 0 saturated carbocycles. The summed E-state index contributed by atoms with van der Waals surface area (Å²) in [5.74, 6) is 0. The van der Waals surface area contributed by atoms with Gasteiger partial charge in [0.15, 0.2) is 0 Å². The number of nitrogens with zero attached hydrogens (tertiary/aromatic N) is 1. The Labute approximate surface area is 125 Å². The van der Waals surface area contributed by atoms with Crippen LogP contribution in [0.25, 0.3) is 21.9 Å². The van der Waals surface area contributed by atoms with Gasteiger partial charge in [-0.15, -0.1) is 0 Å². The fourth-order valence-corrected chi connectivity index (χ4v) is 2.51. The molecule has 0 bridgehead atoms. The maximum Gasteiger partial charge on any atom is 0.0409 e. The number of fused-ring (bicyclic) bond motifs is 1. The van der Waals surface area contributed by atoms with Gasteiger partial charge >= 0.3 is 0 Å². The van der Waals surface area contributed by atoms with Crippen LogP contribution in [0.4, 0.5) is 0 Å². The second kappa shape index (κ2) is 6.53. The Morgan fingerprint density at radius 2 is 1.75 bits per heavy atom. The van der Waals surface area contributed by atoms with Gasteiger partial charge in [0.25, 0.3) is 0 Å². The first-order chi connectivity index (χ1) is 9.75. The van der Waals surface area contributed by atoms with E-state index < -0.39 is 0 Å². The second-order valence-electron chi connectivity index (χ2n) is 4.36. The molecule has 2 aromatic carbocycles. The van der Waals surface area contributed by atoms with Crippen LogP contribution in [0.3, 0.4) is 0 Å². The van der Waals surface area contributed by atoms with Crippen molar-refractivity contribution in [1.82, 2.24) is 4.98 Å². The van der Waals surface area contributed by atoms with Crippen molar-refractivity contribution in [1.29, 1.82) is 0 Å². The highest BCUT2D eigenvalue weighted by molar-refractivity contribution is 6.30. The third kappa shape index (κ3) is 2.83. The van der Waals surface area contributed by atoms with Crippen molar-refractivity contribution >= 4 is 22.4 Å². The number of halogens is 1. The molecule has 2 heteroatoms. The van der Waals surface area contributed by atoms with Crippen molar-refractivity contribution in [3.63, 3.8) is 0 Å². The molecule has 3 aromatic rings. The van der Waals surface area contributed by atoms with Gasteiger partial charge in [-0.2, -0.15) is 0 Å². The number of rotatable bonds is 1. The lowest BCUT2D eigenvalue weighted by molar-refractivity contribution is 1.36. The smallest absolute Gasteiger partial charge is 0.0409 e. The number of pyridine rings is 1. The van der Waals surface area contributed by atoms with Crippen molar-refractivity contribution in [3.8, 4) is 11.1 Å². The molecule has 0 aliphatic heterocycles. The summed E-state index contributed by atoms with van der Waals surface area (Å²) in [6, 6.07) is 14.3. The van der Waals surface area contributed by atoms with Crippen molar-refractivity contribution in [2.24, 2.45) is 0 Å². The fourth-order valence-electron chi connectivity index (χ4n) is 2.29. The van der Waals surface area contributed by atoms with E-state index in [1.165, 1.54) is 22.1 Å². The minimum absolute atomic E-state index is 0.776. The molecule has 0 N–H and O–H groups in total. The molecule has 20 heavy (non-hydrogen) atoms. The lowest BCUT2D eigenvalue weighted by atomic mass is 9.96. The molecule has 102 valence electrons. The fraction of sp³-hybridized carbons (Fsp3) is 0.167. The summed E-state index contributed by atoms with van der Waals surface area (Å²) in [7, 11) is 0. The van der Waals surface area contributed by atoms with Crippen LogP contribution in [-0.4, -0.2) is 4.98 Å². The van der Waals surface area contributed by atoms with Crippen LogP contribution in [0.5, 0.6) is 0 Å². The van der Waals surface area contributed by atoms with Crippen LogP contribution in [-0.2, 0) is 0 Å². The first-order valence-corrected chi connectivity index (χ1v) is 7.23. The SMILES string of the molecule is CC.Cc1cc(Cl)ccc1-c1cccc2cnccc12. The molecular weight excluding hydrogens is 266 g/mol. The topological polar surface area (TPSA) is 12.9 Å². The summed E-state index contributed by atoms with van der Waals surface area (Å²) in [4.78, 5) is 4.16. The average molecular weight is 284 g/mol. The van der Waals surface area contributed by atoms with Gasteiger partial charge < -0.3 is 0 Å². The quantitative estimate of drug-likeness (QED) is 0.542. The van der Waals surface area contributed by atoms with Gasteiger partial charge in [-0.25, -0.2) is 0 Å². The van der Waals surface area contributed by atoms with E-state index in [0.717, 1.165) is 10.4 Å². The second-order valence-corrected chi connectivity index (χ2v) is 4.80. The van der Waals surface area contributed by atoms with Gasteiger partial charge in [-0.05, 0) is 47.2 Å². The van der Waals surface area contributed by atoms with Crippen molar-refractivity contribution in [2.45, 2.75) is 20.8 Å². The number of hydrogen-bond donors (Lipinski definition) is 0. The van der Waals surface area contributed by atoms with E-state index in [2.05, 4.69) is 42.2 Å². The molecule has 0 aliphatic carbocycles. The van der Waals surface area contributed by atoms with E-state index in [1.807, 2.05) is 38.4 Å². The Bertz CT molecular complexity index is 714. The van der Waals surface area contributed by atoms with E-state index in [0.29, 0.717) is 0 Å². The Hall–Kier alpha value is -1.86. The molecule has 0 amide bonds. The van der Waals surface area contributed by atoms with E-state index in [1.54, 1.807) is 0 Å². The highest BCUT2D eigenvalue weighted by atomic mass is 35.5. The van der Waals surface area contributed by atoms with Crippen LogP contribution in [0.2, 0.25) is 5.02 Å². The normalized spacial score (nSPS) is 10.0. The Balaban J connectivity index is 0.000000704. The lowest BCUT2D eigenvalue weighted by Crippen LogP contribution is -1.86. The first-order valence-electron chi connectivity index (χ1n) is 6.85. The van der Waals surface area contributed by atoms with Gasteiger partial charge in [0.1, 0.15) is 0 Å². The Morgan fingerprint density at radius 3 is 2.50 bits per heavy atom. The predicted octanol–water partition coefficient (Wildman–Crippen LogP) is 5.89. The maximum atomic E-state index is 6.01. The Morgan fingerprint density at radius 1 is 0.950 bits per heavy atom. The molecule has 0 radical (unpaired) electrons. The number of hydrogen-bond acceptors (Lipinski definition) is 1. The summed E-state index contributed by atoms with van der Waals surface area (Å²) < 4.78 is 0. The summed E-state index contributed by atoms with van der Waals surface area (Å²) in [5.41, 5.74) is 3.63. The minimum Gasteiger partial charge on any atom is -0.264 e. The molecular formula is C18H18ClN. The van der Waals surface area contributed by atoms with Crippen LogP contribution in [0.15, 0.2) is 54.9 Å². The highest BCUT2D eigenvalue weighted by Crippen LogP contribution is 2.31.